The summed E-state index contributed by atoms with van der Waals surface area (Å²) in [4.78, 5) is 9.93. The van der Waals surface area contributed by atoms with Gasteiger partial charge in [0.05, 0.1) is 5.39 Å². The smallest absolute Gasteiger partial charge is 0.180 e. The maximum Gasteiger partial charge on any atom is 0.180 e. The van der Waals surface area contributed by atoms with Crippen molar-refractivity contribution in [1.29, 1.82) is 0 Å². The molecule has 0 radical (unpaired) electrons. The molecule has 0 aliphatic rings. The molecule has 0 N–H and O–H groups in total. The molecule has 0 bridgehead atoms. The van der Waals surface area contributed by atoms with Crippen LogP contribution in [0.3, 0.4) is 0 Å². The van der Waals surface area contributed by atoms with Crippen molar-refractivity contribution in [3.63, 3.8) is 0 Å². The van der Waals surface area contributed by atoms with Crippen molar-refractivity contribution < 1.29 is 8.83 Å². The maximum absolute atomic E-state index is 6.25. The fourth-order valence-electron chi connectivity index (χ4n) is 4.43. The number of nitrogens with zero attached hydrogens (tertiary/aromatic N) is 2. The number of hydrogen-bond acceptors (Lipinski definition) is 4. The Morgan fingerprint density at radius 3 is 2.30 bits per heavy atom. The normalized spacial score (nSPS) is 11.8. The third-order valence-electron chi connectivity index (χ3n) is 5.97. The first-order chi connectivity index (χ1) is 16.3. The highest BCUT2D eigenvalue weighted by molar-refractivity contribution is 9.10. The molecule has 3 heterocycles. The zero-order chi connectivity index (χ0) is 21.9. The van der Waals surface area contributed by atoms with Gasteiger partial charge in [-0.05, 0) is 46.3 Å². The van der Waals surface area contributed by atoms with E-state index in [4.69, 9.17) is 18.8 Å². The van der Waals surface area contributed by atoms with Crippen LogP contribution >= 0.6 is 15.9 Å². The van der Waals surface area contributed by atoms with Crippen LogP contribution in [-0.2, 0) is 0 Å². The predicted molar refractivity (Wildman–Crippen MR) is 135 cm³/mol. The fourth-order valence-corrected chi connectivity index (χ4v) is 4.97. The summed E-state index contributed by atoms with van der Waals surface area (Å²) in [6.45, 7) is 0. The Balaban J connectivity index is 1.55. The Hall–Kier alpha value is -3.96. The molecule has 7 rings (SSSR count). The van der Waals surface area contributed by atoms with Crippen molar-refractivity contribution in [2.75, 3.05) is 0 Å². The molecule has 0 saturated carbocycles. The molecule has 0 unspecified atom stereocenters. The van der Waals surface area contributed by atoms with Crippen LogP contribution in [0.15, 0.2) is 104 Å². The topological polar surface area (TPSA) is 52.1 Å². The molecule has 0 spiro atoms. The predicted octanol–water partition coefficient (Wildman–Crippen LogP) is 8.37. The van der Waals surface area contributed by atoms with E-state index in [1.807, 2.05) is 72.8 Å². The molecule has 7 aromatic rings. The molecular weight excluding hydrogens is 476 g/mol. The van der Waals surface area contributed by atoms with E-state index in [2.05, 4.69) is 34.1 Å². The fraction of sp³-hybridized carbons (Fsp3) is 0. The molecule has 0 aliphatic carbocycles. The number of rotatable bonds is 2. The van der Waals surface area contributed by atoms with Crippen LogP contribution in [0.5, 0.6) is 0 Å². The zero-order valence-electron chi connectivity index (χ0n) is 17.2. The number of halogens is 1. The number of benzene rings is 4. The second-order valence-corrected chi connectivity index (χ2v) is 8.82. The minimum atomic E-state index is 0.627. The van der Waals surface area contributed by atoms with Gasteiger partial charge in [0.2, 0.25) is 0 Å². The van der Waals surface area contributed by atoms with Crippen LogP contribution in [0.25, 0.3) is 66.7 Å². The lowest BCUT2D eigenvalue weighted by atomic mass is 10.1. The standard InChI is InChI=1S/C28H15BrN2O2/c29-20-10-6-12-22-24(20)26-27(33-22)25(16-7-2-1-3-8-16)30-28(31-26)17-13-14-19-18-9-4-5-11-21(18)32-23(19)15-17/h1-15H. The molecule has 0 saturated heterocycles. The van der Waals surface area contributed by atoms with E-state index in [-0.39, 0.29) is 0 Å². The molecule has 156 valence electrons. The molecule has 33 heavy (non-hydrogen) atoms. The lowest BCUT2D eigenvalue weighted by Gasteiger charge is -2.06. The highest BCUT2D eigenvalue weighted by Crippen LogP contribution is 2.39. The van der Waals surface area contributed by atoms with E-state index >= 15 is 0 Å². The maximum atomic E-state index is 6.25. The van der Waals surface area contributed by atoms with Gasteiger partial charge < -0.3 is 8.83 Å². The monoisotopic (exact) mass is 490 g/mol. The van der Waals surface area contributed by atoms with Gasteiger partial charge in [0.15, 0.2) is 11.4 Å². The van der Waals surface area contributed by atoms with Gasteiger partial charge >= 0.3 is 0 Å². The summed E-state index contributed by atoms with van der Waals surface area (Å²) in [7, 11) is 0. The quantitative estimate of drug-likeness (QED) is 0.244. The number of para-hydroxylation sites is 1. The number of furan rings is 2. The summed E-state index contributed by atoms with van der Waals surface area (Å²) in [6, 6.07) is 30.2. The first-order valence-electron chi connectivity index (χ1n) is 10.6. The van der Waals surface area contributed by atoms with Gasteiger partial charge in [-0.3, -0.25) is 0 Å². The molecular formula is C28H15BrN2O2. The molecule has 4 aromatic carbocycles. The average Bonchev–Trinajstić information content (AvgIpc) is 3.42. The largest absolute Gasteiger partial charge is 0.456 e. The Bertz CT molecular complexity index is 1830. The third kappa shape index (κ3) is 2.82. The number of fused-ring (bicyclic) bond motifs is 6. The van der Waals surface area contributed by atoms with Gasteiger partial charge in [-0.1, -0.05) is 60.7 Å². The van der Waals surface area contributed by atoms with E-state index in [0.29, 0.717) is 11.4 Å². The van der Waals surface area contributed by atoms with Crippen LogP contribution in [0.2, 0.25) is 0 Å². The first-order valence-corrected chi connectivity index (χ1v) is 11.4. The molecule has 4 nitrogen and oxygen atoms in total. The van der Waals surface area contributed by atoms with Crippen LogP contribution in [-0.4, -0.2) is 9.97 Å². The lowest BCUT2D eigenvalue weighted by molar-refractivity contribution is 0.667. The second kappa shape index (κ2) is 7.02. The van der Waals surface area contributed by atoms with E-state index in [0.717, 1.165) is 59.7 Å². The summed E-state index contributed by atoms with van der Waals surface area (Å²) in [5.41, 5.74) is 6.56. The van der Waals surface area contributed by atoms with Crippen molar-refractivity contribution in [2.24, 2.45) is 0 Å². The Labute approximate surface area is 196 Å². The Morgan fingerprint density at radius 2 is 1.39 bits per heavy atom. The Morgan fingerprint density at radius 1 is 0.606 bits per heavy atom. The molecule has 3 aromatic heterocycles. The van der Waals surface area contributed by atoms with E-state index in [1.54, 1.807) is 0 Å². The van der Waals surface area contributed by atoms with Crippen molar-refractivity contribution in [1.82, 2.24) is 9.97 Å². The third-order valence-corrected chi connectivity index (χ3v) is 6.63. The van der Waals surface area contributed by atoms with Crippen molar-refractivity contribution in [3.05, 3.63) is 95.5 Å². The van der Waals surface area contributed by atoms with E-state index in [1.165, 1.54) is 0 Å². The van der Waals surface area contributed by atoms with Crippen molar-refractivity contribution in [3.8, 4) is 22.6 Å². The van der Waals surface area contributed by atoms with Gasteiger partial charge in [-0.15, -0.1) is 0 Å². The lowest BCUT2D eigenvalue weighted by Crippen LogP contribution is -1.93. The van der Waals surface area contributed by atoms with Gasteiger partial charge in [0, 0.05) is 26.4 Å². The number of hydrogen-bond donors (Lipinski definition) is 0. The summed E-state index contributed by atoms with van der Waals surface area (Å²) in [6.07, 6.45) is 0. The van der Waals surface area contributed by atoms with Crippen molar-refractivity contribution >= 4 is 59.9 Å². The highest BCUT2D eigenvalue weighted by Gasteiger charge is 2.20. The second-order valence-electron chi connectivity index (χ2n) is 7.96. The summed E-state index contributed by atoms with van der Waals surface area (Å²) in [5, 5.41) is 3.12. The van der Waals surface area contributed by atoms with Crippen molar-refractivity contribution in [2.45, 2.75) is 0 Å². The molecule has 5 heteroatoms. The minimum absolute atomic E-state index is 0.627. The Kier molecular flexibility index (Phi) is 3.96. The molecule has 0 amide bonds. The van der Waals surface area contributed by atoms with E-state index < -0.39 is 0 Å². The first kappa shape index (κ1) is 18.6. The zero-order valence-corrected chi connectivity index (χ0v) is 18.8. The van der Waals surface area contributed by atoms with Crippen LogP contribution in [0.4, 0.5) is 0 Å². The SMILES string of the molecule is Brc1cccc2oc3c(-c4ccccc4)nc(-c4ccc5c(c4)oc4ccccc45)nc3c12. The highest BCUT2D eigenvalue weighted by atomic mass is 79.9. The van der Waals surface area contributed by atoms with Gasteiger partial charge in [-0.2, -0.15) is 0 Å². The van der Waals surface area contributed by atoms with Gasteiger partial charge in [0.1, 0.15) is 28.0 Å². The number of aromatic nitrogens is 2. The summed E-state index contributed by atoms with van der Waals surface area (Å²) < 4.78 is 13.3. The summed E-state index contributed by atoms with van der Waals surface area (Å²) in [5.74, 6) is 0.627. The molecule has 0 atom stereocenters. The molecule has 0 aliphatic heterocycles. The minimum Gasteiger partial charge on any atom is -0.456 e. The van der Waals surface area contributed by atoms with Gasteiger partial charge in [0.25, 0.3) is 0 Å². The summed E-state index contributed by atoms with van der Waals surface area (Å²) >= 11 is 3.68. The van der Waals surface area contributed by atoms with Crippen LogP contribution < -0.4 is 0 Å². The van der Waals surface area contributed by atoms with Crippen LogP contribution in [0.1, 0.15) is 0 Å². The average molecular weight is 491 g/mol. The van der Waals surface area contributed by atoms with E-state index in [9.17, 15) is 0 Å². The van der Waals surface area contributed by atoms with Gasteiger partial charge in [-0.25, -0.2) is 9.97 Å². The molecule has 0 fully saturated rings. The van der Waals surface area contributed by atoms with Crippen LogP contribution in [0, 0.1) is 0 Å².